The number of rotatable bonds is 2. The average molecular weight is 389 g/mol. The minimum absolute atomic E-state index is 0.278. The lowest BCUT2D eigenvalue weighted by Crippen LogP contribution is -2.20. The third kappa shape index (κ3) is 3.90. The van der Waals surface area contributed by atoms with E-state index in [2.05, 4.69) is 39.6 Å². The van der Waals surface area contributed by atoms with Crippen LogP contribution in [0.4, 0.5) is 16.2 Å². The van der Waals surface area contributed by atoms with Gasteiger partial charge in [0.25, 0.3) is 0 Å². The summed E-state index contributed by atoms with van der Waals surface area (Å²) in [5, 5.41) is 5.77. The zero-order chi connectivity index (χ0) is 17.1. The molecule has 0 aromatic heterocycles. The molecule has 1 aliphatic heterocycles. The quantitative estimate of drug-likeness (QED) is 0.695. The number of anilines is 2. The van der Waals surface area contributed by atoms with Gasteiger partial charge in [0.05, 0.1) is 12.3 Å². The highest BCUT2D eigenvalue weighted by molar-refractivity contribution is 9.10. The van der Waals surface area contributed by atoms with Crippen LogP contribution in [0.1, 0.15) is 36.8 Å². The standard InChI is InChI=1S/C19H21BrN2O2/c1-12-5-7-15(8-6-12)21-19(23)22-17-11-14(20)10-16-13(2)4-3-9-24-18(16)17/h5-8,10-11,13H,3-4,9H2,1-2H3,(H2,21,22,23). The molecule has 1 unspecified atom stereocenters. The fraction of sp³-hybridized carbons (Fsp3) is 0.316. The van der Waals surface area contributed by atoms with Crippen LogP contribution in [0.3, 0.4) is 0 Å². The highest BCUT2D eigenvalue weighted by Crippen LogP contribution is 2.40. The van der Waals surface area contributed by atoms with Gasteiger partial charge in [-0.05, 0) is 49.9 Å². The van der Waals surface area contributed by atoms with Crippen LogP contribution in [-0.4, -0.2) is 12.6 Å². The number of aryl methyl sites for hydroxylation is 1. The van der Waals surface area contributed by atoms with Crippen molar-refractivity contribution in [3.05, 3.63) is 52.0 Å². The SMILES string of the molecule is Cc1ccc(NC(=O)Nc2cc(Br)cc3c2OCCCC3C)cc1. The highest BCUT2D eigenvalue weighted by Gasteiger charge is 2.21. The lowest BCUT2D eigenvalue weighted by molar-refractivity contribution is 0.262. The van der Waals surface area contributed by atoms with Crippen LogP contribution >= 0.6 is 15.9 Å². The Morgan fingerprint density at radius 1 is 1.21 bits per heavy atom. The van der Waals surface area contributed by atoms with Gasteiger partial charge in [-0.25, -0.2) is 4.79 Å². The third-order valence-electron chi connectivity index (χ3n) is 4.20. The number of benzene rings is 2. The summed E-state index contributed by atoms with van der Waals surface area (Å²) in [7, 11) is 0. The van der Waals surface area contributed by atoms with Gasteiger partial charge in [0.1, 0.15) is 5.75 Å². The molecule has 4 nitrogen and oxygen atoms in total. The summed E-state index contributed by atoms with van der Waals surface area (Å²) < 4.78 is 6.84. The Bertz CT molecular complexity index is 744. The molecule has 0 bridgehead atoms. The van der Waals surface area contributed by atoms with Crippen LogP contribution in [0.5, 0.6) is 5.75 Å². The van der Waals surface area contributed by atoms with Gasteiger partial charge in [-0.15, -0.1) is 0 Å². The van der Waals surface area contributed by atoms with Crippen molar-refractivity contribution in [1.82, 2.24) is 0 Å². The summed E-state index contributed by atoms with van der Waals surface area (Å²) >= 11 is 3.53. The number of nitrogens with one attached hydrogen (secondary N) is 2. The van der Waals surface area contributed by atoms with Crippen molar-refractivity contribution in [3.63, 3.8) is 0 Å². The number of urea groups is 1. The monoisotopic (exact) mass is 388 g/mol. The average Bonchev–Trinajstić information content (AvgIpc) is 2.72. The molecule has 3 rings (SSSR count). The van der Waals surface area contributed by atoms with Crippen LogP contribution in [0.25, 0.3) is 0 Å². The first-order chi connectivity index (χ1) is 11.5. The Balaban J connectivity index is 1.81. The molecule has 0 aliphatic carbocycles. The van der Waals surface area contributed by atoms with E-state index >= 15 is 0 Å². The molecule has 0 radical (unpaired) electrons. The molecule has 1 atom stereocenters. The van der Waals surface area contributed by atoms with Crippen molar-refractivity contribution in [3.8, 4) is 5.75 Å². The van der Waals surface area contributed by atoms with Gasteiger partial charge in [-0.3, -0.25) is 0 Å². The van der Waals surface area contributed by atoms with Crippen LogP contribution in [0.15, 0.2) is 40.9 Å². The molecule has 0 spiro atoms. The topological polar surface area (TPSA) is 50.4 Å². The van der Waals surface area contributed by atoms with E-state index < -0.39 is 0 Å². The number of hydrogen-bond acceptors (Lipinski definition) is 2. The van der Waals surface area contributed by atoms with E-state index in [1.54, 1.807) is 0 Å². The van der Waals surface area contributed by atoms with Crippen LogP contribution < -0.4 is 15.4 Å². The summed E-state index contributed by atoms with van der Waals surface area (Å²) in [6, 6.07) is 11.4. The fourth-order valence-electron chi connectivity index (χ4n) is 2.88. The van der Waals surface area contributed by atoms with Crippen molar-refractivity contribution in [2.75, 3.05) is 17.2 Å². The summed E-state index contributed by atoms with van der Waals surface area (Å²) in [5.74, 6) is 1.18. The molecular weight excluding hydrogens is 368 g/mol. The summed E-state index contributed by atoms with van der Waals surface area (Å²) in [5.41, 5.74) is 3.74. The smallest absolute Gasteiger partial charge is 0.323 e. The molecule has 24 heavy (non-hydrogen) atoms. The van der Waals surface area contributed by atoms with Gasteiger partial charge >= 0.3 is 6.03 Å². The molecule has 0 saturated heterocycles. The van der Waals surface area contributed by atoms with Gasteiger partial charge in [-0.1, -0.05) is 40.5 Å². The number of ether oxygens (including phenoxy) is 1. The molecule has 2 aromatic rings. The number of fused-ring (bicyclic) bond motifs is 1. The number of amides is 2. The normalized spacial score (nSPS) is 16.5. The summed E-state index contributed by atoms with van der Waals surface area (Å²) in [6.07, 6.45) is 2.10. The number of halogens is 1. The van der Waals surface area contributed by atoms with Gasteiger partial charge in [0.2, 0.25) is 0 Å². The van der Waals surface area contributed by atoms with Crippen LogP contribution in [0, 0.1) is 6.92 Å². The van der Waals surface area contributed by atoms with E-state index in [4.69, 9.17) is 4.74 Å². The maximum atomic E-state index is 12.3. The molecule has 0 fully saturated rings. The van der Waals surface area contributed by atoms with Crippen LogP contribution in [0.2, 0.25) is 0 Å². The Labute approximate surface area is 150 Å². The van der Waals surface area contributed by atoms with Crippen molar-refractivity contribution in [2.24, 2.45) is 0 Å². The van der Waals surface area contributed by atoms with Crippen molar-refractivity contribution >= 4 is 33.3 Å². The van der Waals surface area contributed by atoms with E-state index in [9.17, 15) is 4.79 Å². The first kappa shape index (κ1) is 16.8. The first-order valence-corrected chi connectivity index (χ1v) is 8.93. The lowest BCUT2D eigenvalue weighted by atomic mass is 9.96. The Kier molecular flexibility index (Phi) is 5.09. The van der Waals surface area contributed by atoms with E-state index in [0.717, 1.165) is 39.9 Å². The van der Waals surface area contributed by atoms with Crippen LogP contribution in [-0.2, 0) is 0 Å². The van der Waals surface area contributed by atoms with E-state index in [1.807, 2.05) is 37.3 Å². The van der Waals surface area contributed by atoms with E-state index in [-0.39, 0.29) is 6.03 Å². The number of hydrogen-bond donors (Lipinski definition) is 2. The Hall–Kier alpha value is -2.01. The van der Waals surface area contributed by atoms with Gasteiger partial charge in [-0.2, -0.15) is 0 Å². The van der Waals surface area contributed by atoms with Gasteiger partial charge in [0, 0.05) is 15.7 Å². The second-order valence-corrected chi connectivity index (χ2v) is 7.12. The first-order valence-electron chi connectivity index (χ1n) is 8.14. The zero-order valence-corrected chi connectivity index (χ0v) is 15.4. The van der Waals surface area contributed by atoms with Gasteiger partial charge < -0.3 is 15.4 Å². The van der Waals surface area contributed by atoms with Crippen molar-refractivity contribution < 1.29 is 9.53 Å². The number of carbonyl (C=O) groups is 1. The molecular formula is C19H21BrN2O2. The molecule has 1 heterocycles. The fourth-order valence-corrected chi connectivity index (χ4v) is 3.35. The highest BCUT2D eigenvalue weighted by atomic mass is 79.9. The predicted molar refractivity (Wildman–Crippen MR) is 101 cm³/mol. The second-order valence-electron chi connectivity index (χ2n) is 6.21. The molecule has 1 aliphatic rings. The maximum Gasteiger partial charge on any atom is 0.323 e. The molecule has 126 valence electrons. The molecule has 0 saturated carbocycles. The zero-order valence-electron chi connectivity index (χ0n) is 13.9. The van der Waals surface area contributed by atoms with E-state index in [0.29, 0.717) is 18.2 Å². The third-order valence-corrected chi connectivity index (χ3v) is 4.66. The largest absolute Gasteiger partial charge is 0.491 e. The number of carbonyl (C=O) groups excluding carboxylic acids is 1. The maximum absolute atomic E-state index is 12.3. The van der Waals surface area contributed by atoms with Crippen molar-refractivity contribution in [1.29, 1.82) is 0 Å². The van der Waals surface area contributed by atoms with Crippen molar-refractivity contribution in [2.45, 2.75) is 32.6 Å². The lowest BCUT2D eigenvalue weighted by Gasteiger charge is -2.17. The Morgan fingerprint density at radius 2 is 1.96 bits per heavy atom. The Morgan fingerprint density at radius 3 is 2.71 bits per heavy atom. The minimum Gasteiger partial charge on any atom is -0.491 e. The van der Waals surface area contributed by atoms with E-state index in [1.165, 1.54) is 0 Å². The molecule has 2 amide bonds. The molecule has 2 N–H and O–H groups in total. The second kappa shape index (κ2) is 7.26. The summed E-state index contributed by atoms with van der Waals surface area (Å²) in [4.78, 5) is 12.3. The molecule has 5 heteroatoms. The van der Waals surface area contributed by atoms with Gasteiger partial charge in [0.15, 0.2) is 0 Å². The summed E-state index contributed by atoms with van der Waals surface area (Å²) in [6.45, 7) is 4.88. The minimum atomic E-state index is -0.278. The molecule has 2 aromatic carbocycles. The predicted octanol–water partition coefficient (Wildman–Crippen LogP) is 5.68.